The molecule has 1 atom stereocenters. The van der Waals surface area contributed by atoms with Gasteiger partial charge in [0.25, 0.3) is 0 Å². The molecule has 0 aromatic heterocycles. The molecule has 0 amide bonds. The maximum atomic E-state index is 13.5. The molecule has 0 aliphatic heterocycles. The van der Waals surface area contributed by atoms with E-state index in [4.69, 9.17) is 11.6 Å². The van der Waals surface area contributed by atoms with Gasteiger partial charge in [-0.2, -0.15) is 0 Å². The Morgan fingerprint density at radius 1 is 1.05 bits per heavy atom. The number of benzene rings is 1. The molecule has 1 aromatic carbocycles. The molecule has 0 saturated heterocycles. The van der Waals surface area contributed by atoms with Crippen LogP contribution in [0.5, 0.6) is 0 Å². The first-order valence-corrected chi connectivity index (χ1v) is 7.80. The van der Waals surface area contributed by atoms with Crippen molar-refractivity contribution in [3.05, 3.63) is 34.4 Å². The summed E-state index contributed by atoms with van der Waals surface area (Å²) < 4.78 is 26.8. The SMILES string of the molecule is CCCC(CCC)C(NCC)c1cc(F)c(F)cc1Cl. The molecule has 0 bridgehead atoms. The van der Waals surface area contributed by atoms with Crippen molar-refractivity contribution >= 4 is 11.6 Å². The highest BCUT2D eigenvalue weighted by molar-refractivity contribution is 6.31. The van der Waals surface area contributed by atoms with Gasteiger partial charge in [0.1, 0.15) is 0 Å². The third-order valence-electron chi connectivity index (χ3n) is 3.59. The number of rotatable bonds is 8. The van der Waals surface area contributed by atoms with Crippen molar-refractivity contribution in [2.24, 2.45) is 5.92 Å². The van der Waals surface area contributed by atoms with Crippen LogP contribution in [0.1, 0.15) is 58.1 Å². The second-order valence-corrected chi connectivity index (χ2v) is 5.57. The van der Waals surface area contributed by atoms with Crippen LogP contribution in [0.15, 0.2) is 12.1 Å². The highest BCUT2D eigenvalue weighted by Gasteiger charge is 2.24. The van der Waals surface area contributed by atoms with Gasteiger partial charge in [-0.1, -0.05) is 45.2 Å². The van der Waals surface area contributed by atoms with Crippen LogP contribution < -0.4 is 5.32 Å². The Labute approximate surface area is 125 Å². The van der Waals surface area contributed by atoms with Crippen LogP contribution in [0.4, 0.5) is 8.78 Å². The molecule has 1 aromatic rings. The van der Waals surface area contributed by atoms with E-state index >= 15 is 0 Å². The molecule has 4 heteroatoms. The molecule has 1 rings (SSSR count). The summed E-state index contributed by atoms with van der Waals surface area (Å²) in [5.74, 6) is -1.34. The van der Waals surface area contributed by atoms with E-state index in [0.29, 0.717) is 16.5 Å². The summed E-state index contributed by atoms with van der Waals surface area (Å²) in [5, 5.41) is 3.68. The van der Waals surface area contributed by atoms with Crippen molar-refractivity contribution in [3.63, 3.8) is 0 Å². The minimum atomic E-state index is -0.892. The van der Waals surface area contributed by atoms with Crippen LogP contribution >= 0.6 is 11.6 Å². The Morgan fingerprint density at radius 2 is 1.60 bits per heavy atom. The monoisotopic (exact) mass is 303 g/mol. The smallest absolute Gasteiger partial charge is 0.160 e. The highest BCUT2D eigenvalue weighted by Crippen LogP contribution is 2.34. The first-order chi connectivity index (χ1) is 9.54. The molecule has 114 valence electrons. The molecule has 0 saturated carbocycles. The average Bonchev–Trinajstić information content (AvgIpc) is 2.40. The lowest BCUT2D eigenvalue weighted by atomic mass is 9.86. The molecule has 20 heavy (non-hydrogen) atoms. The molecule has 1 N–H and O–H groups in total. The maximum Gasteiger partial charge on any atom is 0.160 e. The van der Waals surface area contributed by atoms with Gasteiger partial charge in [-0.25, -0.2) is 8.78 Å². The molecular formula is C16H24ClF2N. The number of nitrogens with one attached hydrogen (secondary N) is 1. The van der Waals surface area contributed by atoms with Gasteiger partial charge in [0, 0.05) is 11.1 Å². The largest absolute Gasteiger partial charge is 0.310 e. The van der Waals surface area contributed by atoms with E-state index < -0.39 is 11.6 Å². The third kappa shape index (κ3) is 4.42. The van der Waals surface area contributed by atoms with Crippen molar-refractivity contribution < 1.29 is 8.78 Å². The topological polar surface area (TPSA) is 12.0 Å². The fourth-order valence-corrected chi connectivity index (χ4v) is 3.01. The Kier molecular flexibility index (Phi) is 7.46. The number of hydrogen-bond donors (Lipinski definition) is 1. The normalized spacial score (nSPS) is 12.9. The van der Waals surface area contributed by atoms with Crippen molar-refractivity contribution in [2.45, 2.75) is 52.5 Å². The third-order valence-corrected chi connectivity index (χ3v) is 3.92. The molecular weight excluding hydrogens is 280 g/mol. The van der Waals surface area contributed by atoms with Gasteiger partial charge in [0.05, 0.1) is 0 Å². The Balaban J connectivity index is 3.13. The summed E-state index contributed by atoms with van der Waals surface area (Å²) in [7, 11) is 0. The molecule has 0 fully saturated rings. The molecule has 1 nitrogen and oxygen atoms in total. The summed E-state index contributed by atoms with van der Waals surface area (Å²) in [5.41, 5.74) is 0.666. The molecule has 0 radical (unpaired) electrons. The standard InChI is InChI=1S/C16H24ClF2N/c1-4-7-11(8-5-2)16(20-6-3)12-9-14(18)15(19)10-13(12)17/h9-11,16,20H,4-8H2,1-3H3. The molecule has 0 heterocycles. The predicted octanol–water partition coefficient (Wildman–Crippen LogP) is 5.49. The molecule has 0 aliphatic rings. The van der Waals surface area contributed by atoms with Crippen molar-refractivity contribution in [1.82, 2.24) is 5.32 Å². The zero-order valence-corrected chi connectivity index (χ0v) is 13.2. The first-order valence-electron chi connectivity index (χ1n) is 7.42. The summed E-state index contributed by atoms with van der Waals surface area (Å²) >= 11 is 6.13. The first kappa shape index (κ1) is 17.4. The van der Waals surface area contributed by atoms with Gasteiger partial charge in [-0.05, 0) is 43.0 Å². The summed E-state index contributed by atoms with van der Waals surface area (Å²) in [6.45, 7) is 7.05. The summed E-state index contributed by atoms with van der Waals surface area (Å²) in [4.78, 5) is 0. The van der Waals surface area contributed by atoms with E-state index in [1.54, 1.807) is 0 Å². The van der Waals surface area contributed by atoms with Gasteiger partial charge in [0.15, 0.2) is 11.6 Å². The van der Waals surface area contributed by atoms with Gasteiger partial charge in [-0.3, -0.25) is 0 Å². The predicted molar refractivity (Wildman–Crippen MR) is 81.1 cm³/mol. The van der Waals surface area contributed by atoms with Crippen LogP contribution in [0.25, 0.3) is 0 Å². The zero-order valence-electron chi connectivity index (χ0n) is 12.5. The second kappa shape index (κ2) is 8.58. The average molecular weight is 304 g/mol. The maximum absolute atomic E-state index is 13.5. The Morgan fingerprint density at radius 3 is 2.10 bits per heavy atom. The van der Waals surface area contributed by atoms with Gasteiger partial charge in [-0.15, -0.1) is 0 Å². The summed E-state index contributed by atoms with van der Waals surface area (Å²) in [6.07, 6.45) is 4.21. The fraction of sp³-hybridized carbons (Fsp3) is 0.625. The fourth-order valence-electron chi connectivity index (χ4n) is 2.75. The lowest BCUT2D eigenvalue weighted by Gasteiger charge is -2.29. The van der Waals surface area contributed by atoms with E-state index in [9.17, 15) is 8.78 Å². The van der Waals surface area contributed by atoms with Crippen LogP contribution in [0, 0.1) is 17.6 Å². The lowest BCUT2D eigenvalue weighted by Crippen LogP contribution is -2.29. The van der Waals surface area contributed by atoms with Crippen LogP contribution in [-0.4, -0.2) is 6.54 Å². The number of hydrogen-bond acceptors (Lipinski definition) is 1. The van der Waals surface area contributed by atoms with Crippen molar-refractivity contribution in [1.29, 1.82) is 0 Å². The van der Waals surface area contributed by atoms with E-state index in [-0.39, 0.29) is 6.04 Å². The van der Waals surface area contributed by atoms with Gasteiger partial charge < -0.3 is 5.32 Å². The minimum absolute atomic E-state index is 0.0255. The molecule has 0 aliphatic carbocycles. The highest BCUT2D eigenvalue weighted by atomic mass is 35.5. The van der Waals surface area contributed by atoms with Crippen molar-refractivity contribution in [2.75, 3.05) is 6.54 Å². The van der Waals surface area contributed by atoms with E-state index in [2.05, 4.69) is 19.2 Å². The molecule has 0 spiro atoms. The van der Waals surface area contributed by atoms with Crippen LogP contribution in [0.3, 0.4) is 0 Å². The van der Waals surface area contributed by atoms with Gasteiger partial charge >= 0.3 is 0 Å². The van der Waals surface area contributed by atoms with E-state index in [0.717, 1.165) is 38.3 Å². The van der Waals surface area contributed by atoms with Crippen molar-refractivity contribution in [3.8, 4) is 0 Å². The summed E-state index contributed by atoms with van der Waals surface area (Å²) in [6, 6.07) is 2.29. The quantitative estimate of drug-likeness (QED) is 0.627. The number of halogens is 3. The van der Waals surface area contributed by atoms with Crippen LogP contribution in [-0.2, 0) is 0 Å². The van der Waals surface area contributed by atoms with E-state index in [1.807, 2.05) is 6.92 Å². The Hall–Kier alpha value is -0.670. The Bertz CT molecular complexity index is 417. The van der Waals surface area contributed by atoms with E-state index in [1.165, 1.54) is 6.07 Å². The minimum Gasteiger partial charge on any atom is -0.310 e. The zero-order chi connectivity index (χ0) is 15.1. The van der Waals surface area contributed by atoms with Crippen LogP contribution in [0.2, 0.25) is 5.02 Å². The second-order valence-electron chi connectivity index (χ2n) is 5.16. The molecule has 1 unspecified atom stereocenters. The van der Waals surface area contributed by atoms with Gasteiger partial charge in [0.2, 0.25) is 0 Å². The lowest BCUT2D eigenvalue weighted by molar-refractivity contribution is 0.319.